The Labute approximate surface area is 89.9 Å². The summed E-state index contributed by atoms with van der Waals surface area (Å²) in [5.74, 6) is 0.236. The van der Waals surface area contributed by atoms with Crippen molar-refractivity contribution in [3.63, 3.8) is 0 Å². The summed E-state index contributed by atoms with van der Waals surface area (Å²) in [5, 5.41) is 9.08. The van der Waals surface area contributed by atoms with E-state index in [4.69, 9.17) is 5.11 Å². The largest absolute Gasteiger partial charge is 0.481 e. The van der Waals surface area contributed by atoms with Crippen LogP contribution >= 0.6 is 24.4 Å². The monoisotopic (exact) mass is 222 g/mol. The van der Waals surface area contributed by atoms with Gasteiger partial charge in [0.1, 0.15) is 0 Å². The van der Waals surface area contributed by atoms with E-state index >= 15 is 0 Å². The highest BCUT2D eigenvalue weighted by Gasteiger charge is 2.05. The van der Waals surface area contributed by atoms with Crippen molar-refractivity contribution in [1.29, 1.82) is 0 Å². The summed E-state index contributed by atoms with van der Waals surface area (Å²) >= 11 is 6.04. The van der Waals surface area contributed by atoms with Crippen LogP contribution in [0.15, 0.2) is 0 Å². The average Bonchev–Trinajstić information content (AvgIpc) is 2.10. The molecule has 0 heterocycles. The molecule has 0 rings (SSSR count). The maximum atomic E-state index is 10.2. The Morgan fingerprint density at radius 1 is 1.46 bits per heavy atom. The van der Waals surface area contributed by atoms with Crippen LogP contribution in [0.1, 0.15) is 32.1 Å². The van der Waals surface area contributed by atoms with Gasteiger partial charge in [0.2, 0.25) is 0 Å². The molecule has 2 nitrogen and oxygen atoms in total. The Balaban J connectivity index is 3.32. The lowest BCUT2D eigenvalue weighted by Gasteiger charge is -2.11. The quantitative estimate of drug-likeness (QED) is 0.490. The molecule has 1 unspecified atom stereocenters. The summed E-state index contributed by atoms with van der Waals surface area (Å²) in [4.78, 5) is 10.2. The smallest absolute Gasteiger partial charge is 0.303 e. The molecule has 0 bridgehead atoms. The molecule has 0 spiro atoms. The van der Waals surface area contributed by atoms with Crippen LogP contribution in [0.4, 0.5) is 0 Å². The third-order valence-corrected chi connectivity index (χ3v) is 3.35. The minimum atomic E-state index is -0.685. The van der Waals surface area contributed by atoms with Crippen LogP contribution in [0, 0.1) is 0 Å². The molecule has 4 heteroatoms. The number of unbranched alkanes of at least 4 members (excludes halogenated alkanes) is 1. The third kappa shape index (κ3) is 8.50. The molecule has 0 aliphatic rings. The first-order valence-electron chi connectivity index (χ1n) is 4.56. The van der Waals surface area contributed by atoms with Crippen molar-refractivity contribution in [3.05, 3.63) is 0 Å². The van der Waals surface area contributed by atoms with Gasteiger partial charge in [-0.15, -0.1) is 0 Å². The number of carboxylic acids is 1. The van der Waals surface area contributed by atoms with Crippen molar-refractivity contribution in [2.45, 2.75) is 37.4 Å². The van der Waals surface area contributed by atoms with Crippen molar-refractivity contribution in [3.8, 4) is 0 Å². The number of aliphatic carboxylic acids is 1. The van der Waals surface area contributed by atoms with Crippen LogP contribution in [-0.4, -0.2) is 28.3 Å². The van der Waals surface area contributed by atoms with Gasteiger partial charge < -0.3 is 5.11 Å². The zero-order valence-electron chi connectivity index (χ0n) is 8.03. The van der Waals surface area contributed by atoms with Crippen LogP contribution in [0.5, 0.6) is 0 Å². The second-order valence-corrected chi connectivity index (χ2v) is 4.59. The number of carboxylic acid groups (broad SMARTS) is 1. The first kappa shape index (κ1) is 13.2. The fourth-order valence-corrected chi connectivity index (χ4v) is 2.41. The Hall–Kier alpha value is 0.170. The van der Waals surface area contributed by atoms with Gasteiger partial charge in [0, 0.05) is 11.7 Å². The summed E-state index contributed by atoms with van der Waals surface area (Å²) in [7, 11) is 0. The molecule has 0 aromatic carbocycles. The summed E-state index contributed by atoms with van der Waals surface area (Å²) in [6.07, 6.45) is 6.48. The molecule has 78 valence electrons. The van der Waals surface area contributed by atoms with Gasteiger partial charge in [-0.2, -0.15) is 24.4 Å². The molecule has 0 aliphatic carbocycles. The molecule has 0 aromatic rings. The fraction of sp³-hybridized carbons (Fsp3) is 0.889. The third-order valence-electron chi connectivity index (χ3n) is 1.95. The maximum absolute atomic E-state index is 10.2. The van der Waals surface area contributed by atoms with Crippen LogP contribution in [-0.2, 0) is 4.79 Å². The van der Waals surface area contributed by atoms with Gasteiger partial charge >= 0.3 is 5.97 Å². The molecule has 0 fully saturated rings. The number of hydrogen-bond acceptors (Lipinski definition) is 3. The Morgan fingerprint density at radius 2 is 2.15 bits per heavy atom. The van der Waals surface area contributed by atoms with E-state index in [0.717, 1.165) is 31.4 Å². The molecule has 0 aromatic heterocycles. The standard InChI is InChI=1S/C9H18O2S2/c1-13-8(6-7-12)4-2-3-5-9(10)11/h8,12H,2-7H2,1H3,(H,10,11). The number of thioether (sulfide) groups is 1. The molecule has 1 atom stereocenters. The minimum absolute atomic E-state index is 0.308. The summed E-state index contributed by atoms with van der Waals surface area (Å²) in [6, 6.07) is 0. The van der Waals surface area contributed by atoms with E-state index in [1.165, 1.54) is 0 Å². The lowest BCUT2D eigenvalue weighted by atomic mass is 10.1. The summed E-state index contributed by atoms with van der Waals surface area (Å²) in [6.45, 7) is 0. The SMILES string of the molecule is CSC(CCS)CCCCC(=O)O. The van der Waals surface area contributed by atoms with Crippen molar-refractivity contribution in [2.24, 2.45) is 0 Å². The maximum Gasteiger partial charge on any atom is 0.303 e. The van der Waals surface area contributed by atoms with Gasteiger partial charge in [0.25, 0.3) is 0 Å². The van der Waals surface area contributed by atoms with Crippen LogP contribution in [0.2, 0.25) is 0 Å². The van der Waals surface area contributed by atoms with Crippen LogP contribution in [0.25, 0.3) is 0 Å². The lowest BCUT2D eigenvalue weighted by Crippen LogP contribution is -2.03. The molecule has 0 amide bonds. The van der Waals surface area contributed by atoms with E-state index in [0.29, 0.717) is 11.7 Å². The van der Waals surface area contributed by atoms with Gasteiger partial charge in [0.15, 0.2) is 0 Å². The molecule has 0 aliphatic heterocycles. The van der Waals surface area contributed by atoms with E-state index in [-0.39, 0.29) is 0 Å². The average molecular weight is 222 g/mol. The molecule has 0 radical (unpaired) electrons. The first-order valence-corrected chi connectivity index (χ1v) is 6.48. The normalized spacial score (nSPS) is 12.8. The van der Waals surface area contributed by atoms with Gasteiger partial charge in [-0.25, -0.2) is 0 Å². The Kier molecular flexibility index (Phi) is 8.87. The van der Waals surface area contributed by atoms with Crippen LogP contribution < -0.4 is 0 Å². The van der Waals surface area contributed by atoms with Crippen molar-refractivity contribution < 1.29 is 9.90 Å². The molecular weight excluding hydrogens is 204 g/mol. The van der Waals surface area contributed by atoms with Crippen molar-refractivity contribution in [2.75, 3.05) is 12.0 Å². The number of rotatable bonds is 8. The highest BCUT2D eigenvalue weighted by Crippen LogP contribution is 2.18. The fourth-order valence-electron chi connectivity index (χ4n) is 1.17. The number of carbonyl (C=O) groups is 1. The predicted molar refractivity (Wildman–Crippen MR) is 61.9 cm³/mol. The highest BCUT2D eigenvalue weighted by atomic mass is 32.2. The second-order valence-electron chi connectivity index (χ2n) is 3.01. The van der Waals surface area contributed by atoms with E-state index in [1.807, 2.05) is 11.8 Å². The molecular formula is C9H18O2S2. The second kappa shape index (κ2) is 8.75. The van der Waals surface area contributed by atoms with Gasteiger partial charge in [-0.3, -0.25) is 4.79 Å². The van der Waals surface area contributed by atoms with E-state index < -0.39 is 5.97 Å². The van der Waals surface area contributed by atoms with Crippen molar-refractivity contribution >= 4 is 30.4 Å². The van der Waals surface area contributed by atoms with Crippen molar-refractivity contribution in [1.82, 2.24) is 0 Å². The Bertz CT molecular complexity index is 140. The molecule has 1 N–H and O–H groups in total. The molecule has 13 heavy (non-hydrogen) atoms. The Morgan fingerprint density at radius 3 is 2.62 bits per heavy atom. The minimum Gasteiger partial charge on any atom is -0.481 e. The summed E-state index contributed by atoms with van der Waals surface area (Å²) in [5.41, 5.74) is 0. The topological polar surface area (TPSA) is 37.3 Å². The van der Waals surface area contributed by atoms with Gasteiger partial charge in [0.05, 0.1) is 0 Å². The van der Waals surface area contributed by atoms with Gasteiger partial charge in [-0.05, 0) is 31.3 Å². The highest BCUT2D eigenvalue weighted by molar-refractivity contribution is 7.99. The zero-order chi connectivity index (χ0) is 10.1. The first-order chi connectivity index (χ1) is 6.20. The van der Waals surface area contributed by atoms with Crippen LogP contribution in [0.3, 0.4) is 0 Å². The summed E-state index contributed by atoms with van der Waals surface area (Å²) < 4.78 is 0. The number of hydrogen-bond donors (Lipinski definition) is 2. The van der Waals surface area contributed by atoms with Gasteiger partial charge in [-0.1, -0.05) is 6.42 Å². The van der Waals surface area contributed by atoms with E-state index in [9.17, 15) is 4.79 Å². The number of thiol groups is 1. The lowest BCUT2D eigenvalue weighted by molar-refractivity contribution is -0.137. The zero-order valence-corrected chi connectivity index (χ0v) is 9.74. The van der Waals surface area contributed by atoms with E-state index in [2.05, 4.69) is 18.9 Å². The molecule has 0 saturated carbocycles. The van der Waals surface area contributed by atoms with E-state index in [1.54, 1.807) is 0 Å². The predicted octanol–water partition coefficient (Wildman–Crippen LogP) is 2.68. The molecule has 0 saturated heterocycles.